The van der Waals surface area contributed by atoms with E-state index in [-0.39, 0.29) is 18.4 Å². The number of ether oxygens (including phenoxy) is 2. The van der Waals surface area contributed by atoms with Crippen LogP contribution >= 0.6 is 0 Å². The number of aromatic nitrogens is 7. The Labute approximate surface area is 334 Å². The third-order valence-corrected chi connectivity index (χ3v) is 8.41. The average Bonchev–Trinajstić information content (AvgIpc) is 3.92. The molecular formula is C45H39N9O4. The zero-order chi connectivity index (χ0) is 39.8. The van der Waals surface area contributed by atoms with Crippen LogP contribution in [0.15, 0.2) is 176 Å². The number of nitrogens with zero attached hydrogens (tertiary/aromatic N) is 7. The Morgan fingerprint density at radius 2 is 0.966 bits per heavy atom. The van der Waals surface area contributed by atoms with Crippen LogP contribution in [0.25, 0.3) is 0 Å². The van der Waals surface area contributed by atoms with Crippen LogP contribution in [0.5, 0.6) is 23.0 Å². The Balaban J connectivity index is 0.000000177. The van der Waals surface area contributed by atoms with Gasteiger partial charge in [0.05, 0.1) is 38.6 Å². The summed E-state index contributed by atoms with van der Waals surface area (Å²) < 4.78 is 15.2. The van der Waals surface area contributed by atoms with Gasteiger partial charge in [0.25, 0.3) is 11.8 Å². The van der Waals surface area contributed by atoms with Crippen molar-refractivity contribution >= 4 is 11.8 Å². The van der Waals surface area contributed by atoms with Gasteiger partial charge in [0.2, 0.25) is 0 Å². The van der Waals surface area contributed by atoms with Gasteiger partial charge in [-0.05, 0) is 83.9 Å². The molecule has 0 bridgehead atoms. The second-order valence-electron chi connectivity index (χ2n) is 12.9. The zero-order valence-corrected chi connectivity index (χ0v) is 31.3. The summed E-state index contributed by atoms with van der Waals surface area (Å²) in [5, 5.41) is 22.2. The van der Waals surface area contributed by atoms with E-state index in [0.717, 1.165) is 34.1 Å². The first-order valence-electron chi connectivity index (χ1n) is 18.5. The molecule has 0 aliphatic heterocycles. The van der Waals surface area contributed by atoms with Gasteiger partial charge in [0.15, 0.2) is 0 Å². The molecule has 3 aromatic heterocycles. The lowest BCUT2D eigenvalue weighted by Gasteiger charge is -2.07. The predicted molar refractivity (Wildman–Crippen MR) is 217 cm³/mol. The Bertz CT molecular complexity index is 2340. The SMILES string of the molecule is O=C(NCc1cn(Cc2cccc(Oc3ccccc3)c2)nn1)c1ccccc1.O=C(NCc1cn(Cc2cccc(Oc3ccccc3)c2)nn1)c1ccccn1. The van der Waals surface area contributed by atoms with Crippen molar-refractivity contribution in [1.82, 2.24) is 45.6 Å². The summed E-state index contributed by atoms with van der Waals surface area (Å²) in [6.07, 6.45) is 5.22. The molecule has 0 spiro atoms. The van der Waals surface area contributed by atoms with Crippen molar-refractivity contribution in [3.8, 4) is 23.0 Å². The number of benzene rings is 5. The fourth-order valence-electron chi connectivity index (χ4n) is 5.65. The van der Waals surface area contributed by atoms with E-state index in [1.807, 2.05) is 140 Å². The van der Waals surface area contributed by atoms with Crippen molar-refractivity contribution in [3.63, 3.8) is 0 Å². The van der Waals surface area contributed by atoms with Gasteiger partial charge < -0.3 is 20.1 Å². The number of nitrogens with one attached hydrogen (secondary N) is 2. The molecular weight excluding hydrogens is 731 g/mol. The van der Waals surface area contributed by atoms with Crippen LogP contribution in [0.2, 0.25) is 0 Å². The van der Waals surface area contributed by atoms with Gasteiger partial charge in [-0.2, -0.15) is 0 Å². The van der Waals surface area contributed by atoms with Gasteiger partial charge in [0, 0.05) is 11.8 Å². The summed E-state index contributed by atoms with van der Waals surface area (Å²) in [6, 6.07) is 49.3. The minimum absolute atomic E-state index is 0.133. The quantitative estimate of drug-likeness (QED) is 0.115. The Morgan fingerprint density at radius 1 is 0.500 bits per heavy atom. The van der Waals surface area contributed by atoms with E-state index in [9.17, 15) is 9.59 Å². The molecule has 288 valence electrons. The molecule has 58 heavy (non-hydrogen) atoms. The Morgan fingerprint density at radius 3 is 1.47 bits per heavy atom. The van der Waals surface area contributed by atoms with Gasteiger partial charge in [-0.25, -0.2) is 9.36 Å². The highest BCUT2D eigenvalue weighted by molar-refractivity contribution is 5.94. The van der Waals surface area contributed by atoms with E-state index in [0.29, 0.717) is 42.3 Å². The van der Waals surface area contributed by atoms with E-state index in [4.69, 9.17) is 9.47 Å². The summed E-state index contributed by atoms with van der Waals surface area (Å²) in [6.45, 7) is 1.72. The second kappa shape index (κ2) is 19.6. The zero-order valence-electron chi connectivity index (χ0n) is 31.3. The van der Waals surface area contributed by atoms with E-state index >= 15 is 0 Å². The number of rotatable bonds is 14. The number of pyridine rings is 1. The molecule has 0 radical (unpaired) electrons. The summed E-state index contributed by atoms with van der Waals surface area (Å²) in [4.78, 5) is 28.2. The highest BCUT2D eigenvalue weighted by Crippen LogP contribution is 2.23. The number of carbonyl (C=O) groups excluding carboxylic acids is 2. The Hall–Kier alpha value is -7.93. The molecule has 13 nitrogen and oxygen atoms in total. The summed E-state index contributed by atoms with van der Waals surface area (Å²) in [7, 11) is 0. The molecule has 8 aromatic rings. The van der Waals surface area contributed by atoms with Crippen LogP contribution in [0.1, 0.15) is 43.4 Å². The summed E-state index contributed by atoms with van der Waals surface area (Å²) in [5.41, 5.74) is 4.44. The molecule has 13 heteroatoms. The number of para-hydroxylation sites is 2. The lowest BCUT2D eigenvalue weighted by Crippen LogP contribution is -2.23. The summed E-state index contributed by atoms with van der Waals surface area (Å²) >= 11 is 0. The van der Waals surface area contributed by atoms with Crippen molar-refractivity contribution in [3.05, 3.63) is 210 Å². The second-order valence-corrected chi connectivity index (χ2v) is 12.9. The minimum Gasteiger partial charge on any atom is -0.457 e. The fourth-order valence-corrected chi connectivity index (χ4v) is 5.65. The van der Waals surface area contributed by atoms with Crippen LogP contribution in [-0.2, 0) is 26.2 Å². The first kappa shape index (κ1) is 38.3. The maximum atomic E-state index is 12.1. The van der Waals surface area contributed by atoms with Gasteiger partial charge in [-0.1, -0.05) is 95.4 Å². The van der Waals surface area contributed by atoms with E-state index in [1.54, 1.807) is 45.9 Å². The van der Waals surface area contributed by atoms with E-state index < -0.39 is 0 Å². The van der Waals surface area contributed by atoms with Crippen molar-refractivity contribution in [2.75, 3.05) is 0 Å². The first-order chi connectivity index (χ1) is 28.5. The van der Waals surface area contributed by atoms with Crippen LogP contribution < -0.4 is 20.1 Å². The summed E-state index contributed by atoms with van der Waals surface area (Å²) in [5.74, 6) is 2.73. The maximum Gasteiger partial charge on any atom is 0.270 e. The van der Waals surface area contributed by atoms with Crippen LogP contribution in [0, 0.1) is 0 Å². The molecule has 0 fully saturated rings. The van der Waals surface area contributed by atoms with E-state index in [1.165, 1.54) is 0 Å². The molecule has 2 amide bonds. The van der Waals surface area contributed by atoms with Gasteiger partial charge in [0.1, 0.15) is 40.1 Å². The Kier molecular flexibility index (Phi) is 13.0. The standard InChI is InChI=1S/C23H20N4O2.C22H19N5O2/c28-23(19-9-3-1-4-10-19)24-15-20-17-27(26-25-20)16-18-8-7-13-22(14-18)29-21-11-5-2-6-12-21;28-22(21-11-4-5-12-23-21)24-14-18-16-27(26-25-18)15-17-7-6-10-20(13-17)29-19-8-2-1-3-9-19/h1-14,17H,15-16H2,(H,24,28);1-13,16H,14-15H2,(H,24,28). The molecule has 0 aliphatic carbocycles. The van der Waals surface area contributed by atoms with Crippen molar-refractivity contribution in [1.29, 1.82) is 0 Å². The minimum atomic E-state index is -0.245. The van der Waals surface area contributed by atoms with Crippen molar-refractivity contribution in [2.24, 2.45) is 0 Å². The van der Waals surface area contributed by atoms with Crippen molar-refractivity contribution in [2.45, 2.75) is 26.2 Å². The third kappa shape index (κ3) is 11.5. The number of carbonyl (C=O) groups is 2. The van der Waals surface area contributed by atoms with Crippen LogP contribution in [-0.4, -0.2) is 46.8 Å². The topological polar surface area (TPSA) is 151 Å². The highest BCUT2D eigenvalue weighted by Gasteiger charge is 2.10. The number of hydrogen-bond acceptors (Lipinski definition) is 9. The van der Waals surface area contributed by atoms with Crippen LogP contribution in [0.4, 0.5) is 0 Å². The average molecular weight is 770 g/mol. The number of hydrogen-bond donors (Lipinski definition) is 2. The largest absolute Gasteiger partial charge is 0.457 e. The molecule has 0 saturated carbocycles. The molecule has 0 saturated heterocycles. The lowest BCUT2D eigenvalue weighted by molar-refractivity contribution is 0.0939. The number of amides is 2. The lowest BCUT2D eigenvalue weighted by atomic mass is 10.2. The normalized spacial score (nSPS) is 10.5. The fraction of sp³-hybridized carbons (Fsp3) is 0.0889. The molecule has 2 N–H and O–H groups in total. The predicted octanol–water partition coefficient (Wildman–Crippen LogP) is 7.49. The van der Waals surface area contributed by atoms with Gasteiger partial charge in [-0.15, -0.1) is 10.2 Å². The molecule has 3 heterocycles. The smallest absolute Gasteiger partial charge is 0.270 e. The van der Waals surface area contributed by atoms with E-state index in [2.05, 4.69) is 36.2 Å². The third-order valence-electron chi connectivity index (χ3n) is 8.41. The van der Waals surface area contributed by atoms with Gasteiger partial charge >= 0.3 is 0 Å². The van der Waals surface area contributed by atoms with Gasteiger partial charge in [-0.3, -0.25) is 14.6 Å². The molecule has 0 aliphatic rings. The molecule has 0 unspecified atom stereocenters. The molecule has 8 rings (SSSR count). The molecule has 0 atom stereocenters. The van der Waals surface area contributed by atoms with Crippen molar-refractivity contribution < 1.29 is 19.1 Å². The first-order valence-corrected chi connectivity index (χ1v) is 18.5. The monoisotopic (exact) mass is 769 g/mol. The van der Waals surface area contributed by atoms with Crippen LogP contribution in [0.3, 0.4) is 0 Å². The highest BCUT2D eigenvalue weighted by atomic mass is 16.5. The maximum absolute atomic E-state index is 12.1. The molecule has 5 aromatic carbocycles.